The van der Waals surface area contributed by atoms with Gasteiger partial charge in [0.25, 0.3) is 0 Å². The van der Waals surface area contributed by atoms with Crippen LogP contribution in [-0.4, -0.2) is 38.9 Å². The van der Waals surface area contributed by atoms with Crippen LogP contribution in [0.1, 0.15) is 6.42 Å². The minimum atomic E-state index is -0.303. The Morgan fingerprint density at radius 3 is 2.73 bits per heavy atom. The first-order valence-electron chi connectivity index (χ1n) is 3.82. The number of hydrogen-bond donors (Lipinski definition) is 1. The van der Waals surface area contributed by atoms with Gasteiger partial charge in [-0.3, -0.25) is 0 Å². The van der Waals surface area contributed by atoms with Crippen molar-refractivity contribution in [3.05, 3.63) is 0 Å². The van der Waals surface area contributed by atoms with Gasteiger partial charge in [-0.25, -0.2) is 4.39 Å². The van der Waals surface area contributed by atoms with E-state index in [0.717, 1.165) is 13.0 Å². The molecule has 68 valence electrons. The lowest BCUT2D eigenvalue weighted by Gasteiger charge is -2.02. The molecule has 0 aliphatic heterocycles. The van der Waals surface area contributed by atoms with Crippen molar-refractivity contribution in [3.8, 4) is 0 Å². The third kappa shape index (κ3) is 10.1. The van der Waals surface area contributed by atoms with Gasteiger partial charge in [-0.2, -0.15) is 0 Å². The predicted molar refractivity (Wildman–Crippen MR) is 45.0 cm³/mol. The first-order valence-corrected chi connectivity index (χ1v) is 4.35. The van der Waals surface area contributed by atoms with Gasteiger partial charge >= 0.3 is 0 Å². The van der Waals surface area contributed by atoms with Gasteiger partial charge in [-0.1, -0.05) is 0 Å². The molecule has 0 aromatic carbocycles. The van der Waals surface area contributed by atoms with Crippen LogP contribution >= 0.6 is 11.6 Å². The van der Waals surface area contributed by atoms with Crippen molar-refractivity contribution in [2.24, 2.45) is 0 Å². The molecule has 0 saturated heterocycles. The van der Waals surface area contributed by atoms with E-state index in [4.69, 9.17) is 16.3 Å². The molecular formula is C7H15ClFNO. The SMILES string of the molecule is FCCNCCCOCCCl. The normalized spacial score (nSPS) is 10.4. The Morgan fingerprint density at radius 2 is 2.09 bits per heavy atom. The van der Waals surface area contributed by atoms with E-state index in [1.165, 1.54) is 0 Å². The summed E-state index contributed by atoms with van der Waals surface area (Å²) in [5.41, 5.74) is 0. The summed E-state index contributed by atoms with van der Waals surface area (Å²) in [6.45, 7) is 2.25. The number of ether oxygens (including phenoxy) is 1. The molecule has 0 heterocycles. The first-order chi connectivity index (χ1) is 5.41. The molecule has 0 atom stereocenters. The van der Waals surface area contributed by atoms with Crippen LogP contribution in [0.5, 0.6) is 0 Å². The van der Waals surface area contributed by atoms with E-state index >= 15 is 0 Å². The molecular weight excluding hydrogens is 169 g/mol. The van der Waals surface area contributed by atoms with Crippen molar-refractivity contribution in [3.63, 3.8) is 0 Å². The molecule has 2 nitrogen and oxygen atoms in total. The van der Waals surface area contributed by atoms with E-state index in [2.05, 4.69) is 5.32 Å². The highest BCUT2D eigenvalue weighted by atomic mass is 35.5. The number of rotatable bonds is 8. The van der Waals surface area contributed by atoms with E-state index < -0.39 is 0 Å². The molecule has 0 spiro atoms. The van der Waals surface area contributed by atoms with Crippen LogP contribution in [0.4, 0.5) is 4.39 Å². The number of hydrogen-bond acceptors (Lipinski definition) is 2. The van der Waals surface area contributed by atoms with E-state index in [1.54, 1.807) is 0 Å². The molecule has 0 rings (SSSR count). The van der Waals surface area contributed by atoms with E-state index in [9.17, 15) is 4.39 Å². The van der Waals surface area contributed by atoms with Gasteiger partial charge in [0, 0.05) is 19.0 Å². The van der Waals surface area contributed by atoms with Crippen LogP contribution in [0.15, 0.2) is 0 Å². The maximum absolute atomic E-state index is 11.5. The minimum absolute atomic E-state index is 0.303. The molecule has 0 aliphatic carbocycles. The summed E-state index contributed by atoms with van der Waals surface area (Å²) in [7, 11) is 0. The fourth-order valence-electron chi connectivity index (χ4n) is 0.648. The Balaban J connectivity index is 2.69. The largest absolute Gasteiger partial charge is 0.380 e. The number of alkyl halides is 2. The van der Waals surface area contributed by atoms with Crippen molar-refractivity contribution < 1.29 is 9.13 Å². The summed E-state index contributed by atoms with van der Waals surface area (Å²) in [5, 5.41) is 2.92. The molecule has 0 aromatic rings. The maximum atomic E-state index is 11.5. The fourth-order valence-corrected chi connectivity index (χ4v) is 0.757. The Hall–Kier alpha value is 0.140. The van der Waals surface area contributed by atoms with Gasteiger partial charge in [0.2, 0.25) is 0 Å². The fraction of sp³-hybridized carbons (Fsp3) is 1.00. The summed E-state index contributed by atoms with van der Waals surface area (Å²) < 4.78 is 16.6. The first kappa shape index (κ1) is 11.1. The quantitative estimate of drug-likeness (QED) is 0.451. The van der Waals surface area contributed by atoms with Crippen molar-refractivity contribution >= 4 is 11.6 Å². The Morgan fingerprint density at radius 1 is 1.27 bits per heavy atom. The zero-order valence-electron chi connectivity index (χ0n) is 6.61. The maximum Gasteiger partial charge on any atom is 0.102 e. The van der Waals surface area contributed by atoms with Gasteiger partial charge < -0.3 is 10.1 Å². The molecule has 0 aromatic heterocycles. The van der Waals surface area contributed by atoms with Crippen LogP contribution in [-0.2, 0) is 4.74 Å². The second kappa shape index (κ2) is 10.1. The van der Waals surface area contributed by atoms with Gasteiger partial charge in [0.1, 0.15) is 6.67 Å². The molecule has 0 radical (unpaired) electrons. The molecule has 0 fully saturated rings. The lowest BCUT2D eigenvalue weighted by atomic mass is 10.4. The Kier molecular flexibility index (Phi) is 10.3. The highest BCUT2D eigenvalue weighted by Crippen LogP contribution is 1.82. The zero-order chi connectivity index (χ0) is 8.36. The van der Waals surface area contributed by atoms with Crippen LogP contribution in [0, 0.1) is 0 Å². The standard InChI is InChI=1S/C7H15ClFNO/c8-2-7-11-6-1-4-10-5-3-9/h10H,1-7H2. The van der Waals surface area contributed by atoms with Crippen molar-refractivity contribution in [1.82, 2.24) is 5.32 Å². The summed E-state index contributed by atoms with van der Waals surface area (Å²) in [6, 6.07) is 0. The molecule has 0 bridgehead atoms. The Labute approximate surface area is 72.1 Å². The summed E-state index contributed by atoms with van der Waals surface area (Å²) in [4.78, 5) is 0. The van der Waals surface area contributed by atoms with Crippen LogP contribution in [0.25, 0.3) is 0 Å². The average molecular weight is 184 g/mol. The molecule has 0 unspecified atom stereocenters. The minimum Gasteiger partial charge on any atom is -0.380 e. The third-order valence-corrected chi connectivity index (χ3v) is 1.29. The second-order valence-corrected chi connectivity index (χ2v) is 2.47. The predicted octanol–water partition coefficient (Wildman–Crippen LogP) is 1.19. The molecule has 1 N–H and O–H groups in total. The topological polar surface area (TPSA) is 21.3 Å². The highest BCUT2D eigenvalue weighted by Gasteiger charge is 1.88. The van der Waals surface area contributed by atoms with E-state index in [0.29, 0.717) is 25.6 Å². The number of nitrogens with one attached hydrogen (secondary N) is 1. The molecule has 0 saturated carbocycles. The monoisotopic (exact) mass is 183 g/mol. The molecule has 0 amide bonds. The van der Waals surface area contributed by atoms with Crippen LogP contribution in [0.3, 0.4) is 0 Å². The van der Waals surface area contributed by atoms with Crippen molar-refractivity contribution in [2.75, 3.05) is 38.9 Å². The van der Waals surface area contributed by atoms with Crippen molar-refractivity contribution in [1.29, 1.82) is 0 Å². The summed E-state index contributed by atoms with van der Waals surface area (Å²) in [6.07, 6.45) is 0.914. The number of halogens is 2. The van der Waals surface area contributed by atoms with Gasteiger partial charge in [0.05, 0.1) is 6.61 Å². The van der Waals surface area contributed by atoms with Gasteiger partial charge in [-0.05, 0) is 13.0 Å². The van der Waals surface area contributed by atoms with Crippen LogP contribution in [0.2, 0.25) is 0 Å². The third-order valence-electron chi connectivity index (χ3n) is 1.13. The van der Waals surface area contributed by atoms with Gasteiger partial charge in [0.15, 0.2) is 0 Å². The second-order valence-electron chi connectivity index (χ2n) is 2.09. The summed E-state index contributed by atoms with van der Waals surface area (Å²) in [5.74, 6) is 0.540. The summed E-state index contributed by atoms with van der Waals surface area (Å²) >= 11 is 5.37. The van der Waals surface area contributed by atoms with Crippen LogP contribution < -0.4 is 5.32 Å². The molecule has 4 heteroatoms. The molecule has 0 aliphatic rings. The van der Waals surface area contributed by atoms with E-state index in [-0.39, 0.29) is 6.67 Å². The highest BCUT2D eigenvalue weighted by molar-refractivity contribution is 6.17. The van der Waals surface area contributed by atoms with E-state index in [1.807, 2.05) is 0 Å². The smallest absolute Gasteiger partial charge is 0.102 e. The lowest BCUT2D eigenvalue weighted by molar-refractivity contribution is 0.146. The van der Waals surface area contributed by atoms with Crippen molar-refractivity contribution in [2.45, 2.75) is 6.42 Å². The lowest BCUT2D eigenvalue weighted by Crippen LogP contribution is -2.19. The Bertz CT molecular complexity index is 67.5. The molecule has 11 heavy (non-hydrogen) atoms. The average Bonchev–Trinajstić information content (AvgIpc) is 2.03. The van der Waals surface area contributed by atoms with Gasteiger partial charge in [-0.15, -0.1) is 11.6 Å². The zero-order valence-corrected chi connectivity index (χ0v) is 7.37.